The average Bonchev–Trinajstić information content (AvgIpc) is 3.38. The Morgan fingerprint density at radius 2 is 1.51 bits per heavy atom. The molecule has 14 heteroatoms. The Hall–Kier alpha value is -3.44. The summed E-state index contributed by atoms with van der Waals surface area (Å²) in [7, 11) is 0. The SMILES string of the molecule is CCCCCCCCCCCCCCCCCC(=O)OCC(CO)OCn1cnc2c(N=[N+]=[N-])nc(N=[N+]=[N-])nc21. The van der Waals surface area contributed by atoms with Crippen molar-refractivity contribution in [1.29, 1.82) is 0 Å². The number of azide groups is 2. The lowest BCUT2D eigenvalue weighted by atomic mass is 10.0. The van der Waals surface area contributed by atoms with E-state index < -0.39 is 6.10 Å². The summed E-state index contributed by atoms with van der Waals surface area (Å²) in [6.45, 7) is 1.71. The molecule has 226 valence electrons. The molecule has 0 aliphatic rings. The summed E-state index contributed by atoms with van der Waals surface area (Å²) < 4.78 is 12.4. The number of imidazole rings is 1. The van der Waals surface area contributed by atoms with E-state index in [1.165, 1.54) is 87.9 Å². The van der Waals surface area contributed by atoms with Crippen molar-refractivity contribution in [1.82, 2.24) is 19.5 Å². The summed E-state index contributed by atoms with van der Waals surface area (Å²) in [5.41, 5.74) is 17.8. The summed E-state index contributed by atoms with van der Waals surface area (Å²) >= 11 is 0. The second-order valence-electron chi connectivity index (χ2n) is 10.1. The van der Waals surface area contributed by atoms with E-state index in [0.717, 1.165) is 19.3 Å². The van der Waals surface area contributed by atoms with Gasteiger partial charge in [0, 0.05) is 16.2 Å². The van der Waals surface area contributed by atoms with Crippen LogP contribution in [0.4, 0.5) is 11.8 Å². The molecule has 2 aromatic heterocycles. The number of hydrogen-bond donors (Lipinski definition) is 1. The third-order valence-corrected chi connectivity index (χ3v) is 6.77. The van der Waals surface area contributed by atoms with Gasteiger partial charge in [0.2, 0.25) is 5.95 Å². The van der Waals surface area contributed by atoms with Crippen LogP contribution in [-0.2, 0) is 21.0 Å². The first-order valence-corrected chi connectivity index (χ1v) is 14.8. The lowest BCUT2D eigenvalue weighted by Crippen LogP contribution is -2.26. The van der Waals surface area contributed by atoms with Gasteiger partial charge in [-0.25, -0.2) is 15.0 Å². The fraction of sp³-hybridized carbons (Fsp3) is 0.778. The van der Waals surface area contributed by atoms with Crippen LogP contribution in [-0.4, -0.2) is 49.9 Å². The Kier molecular flexibility index (Phi) is 17.6. The average molecular weight is 573 g/mol. The highest BCUT2D eigenvalue weighted by atomic mass is 16.6. The zero-order chi connectivity index (χ0) is 29.5. The van der Waals surface area contributed by atoms with Gasteiger partial charge < -0.3 is 14.6 Å². The normalized spacial score (nSPS) is 11.7. The fourth-order valence-electron chi connectivity index (χ4n) is 4.45. The van der Waals surface area contributed by atoms with Gasteiger partial charge in [0.25, 0.3) is 0 Å². The van der Waals surface area contributed by atoms with Gasteiger partial charge in [-0.15, -0.1) is 0 Å². The Labute approximate surface area is 241 Å². The van der Waals surface area contributed by atoms with Gasteiger partial charge >= 0.3 is 5.97 Å². The van der Waals surface area contributed by atoms with Crippen molar-refractivity contribution in [2.45, 2.75) is 122 Å². The Morgan fingerprint density at radius 1 is 0.927 bits per heavy atom. The van der Waals surface area contributed by atoms with Crippen molar-refractivity contribution < 1.29 is 19.4 Å². The third kappa shape index (κ3) is 13.7. The van der Waals surface area contributed by atoms with Crippen LogP contribution in [0.1, 0.15) is 110 Å². The number of ether oxygens (including phenoxy) is 2. The van der Waals surface area contributed by atoms with Crippen molar-refractivity contribution in [2.24, 2.45) is 10.2 Å². The van der Waals surface area contributed by atoms with Gasteiger partial charge in [0.1, 0.15) is 25.0 Å². The van der Waals surface area contributed by atoms with E-state index in [0.29, 0.717) is 6.42 Å². The lowest BCUT2D eigenvalue weighted by Gasteiger charge is -2.16. The summed E-state index contributed by atoms with van der Waals surface area (Å²) in [6, 6.07) is 0. The number of nitrogens with zero attached hydrogens (tertiary/aromatic N) is 10. The second kappa shape index (κ2) is 21.3. The molecule has 2 heterocycles. The third-order valence-electron chi connectivity index (χ3n) is 6.77. The van der Waals surface area contributed by atoms with Gasteiger partial charge in [-0.3, -0.25) is 9.36 Å². The van der Waals surface area contributed by atoms with E-state index in [1.807, 2.05) is 0 Å². The number of carbonyl (C=O) groups is 1. The highest BCUT2D eigenvalue weighted by Gasteiger charge is 2.15. The molecule has 0 radical (unpaired) electrons. The van der Waals surface area contributed by atoms with E-state index in [2.05, 4.69) is 41.9 Å². The molecular formula is C27H44N10O4. The molecule has 1 N–H and O–H groups in total. The molecule has 0 aromatic carbocycles. The van der Waals surface area contributed by atoms with Crippen LogP contribution >= 0.6 is 0 Å². The van der Waals surface area contributed by atoms with Crippen LogP contribution in [0.5, 0.6) is 0 Å². The fourth-order valence-corrected chi connectivity index (χ4v) is 4.45. The zero-order valence-corrected chi connectivity index (χ0v) is 24.2. The first kappa shape index (κ1) is 33.8. The Morgan fingerprint density at radius 3 is 2.07 bits per heavy atom. The Bertz CT molecular complexity index is 1130. The number of rotatable bonds is 24. The maximum atomic E-state index is 12.1. The van der Waals surface area contributed by atoms with Crippen molar-refractivity contribution >= 4 is 28.9 Å². The van der Waals surface area contributed by atoms with Gasteiger partial charge in [-0.1, -0.05) is 96.8 Å². The minimum absolute atomic E-state index is 0.0925. The molecule has 0 spiro atoms. The molecule has 1 atom stereocenters. The zero-order valence-electron chi connectivity index (χ0n) is 24.2. The molecule has 0 fully saturated rings. The van der Waals surface area contributed by atoms with Crippen LogP contribution in [0.15, 0.2) is 16.6 Å². The molecular weight excluding hydrogens is 528 g/mol. The van der Waals surface area contributed by atoms with Gasteiger partial charge in [-0.05, 0) is 27.7 Å². The second-order valence-corrected chi connectivity index (χ2v) is 10.1. The van der Waals surface area contributed by atoms with Crippen molar-refractivity contribution in [3.8, 4) is 0 Å². The molecule has 0 aliphatic carbocycles. The number of unbranched alkanes of at least 4 members (excludes halogenated alkanes) is 14. The van der Waals surface area contributed by atoms with E-state index in [4.69, 9.17) is 20.5 Å². The van der Waals surface area contributed by atoms with E-state index in [9.17, 15) is 9.90 Å². The van der Waals surface area contributed by atoms with Gasteiger partial charge in [0.15, 0.2) is 11.5 Å². The van der Waals surface area contributed by atoms with Crippen LogP contribution < -0.4 is 0 Å². The smallest absolute Gasteiger partial charge is 0.305 e. The highest BCUT2D eigenvalue weighted by Crippen LogP contribution is 2.24. The number of esters is 1. The largest absolute Gasteiger partial charge is 0.463 e. The van der Waals surface area contributed by atoms with Crippen LogP contribution in [0, 0.1) is 0 Å². The lowest BCUT2D eigenvalue weighted by molar-refractivity contribution is -0.150. The van der Waals surface area contributed by atoms with Crippen molar-refractivity contribution in [3.63, 3.8) is 0 Å². The molecule has 41 heavy (non-hydrogen) atoms. The molecule has 1 unspecified atom stereocenters. The van der Waals surface area contributed by atoms with Crippen molar-refractivity contribution in [3.05, 3.63) is 27.2 Å². The topological polar surface area (TPSA) is 197 Å². The number of carbonyl (C=O) groups excluding carboxylic acids is 1. The maximum Gasteiger partial charge on any atom is 0.305 e. The van der Waals surface area contributed by atoms with E-state index >= 15 is 0 Å². The first-order chi connectivity index (χ1) is 20.1. The molecule has 0 saturated heterocycles. The first-order valence-electron chi connectivity index (χ1n) is 14.8. The summed E-state index contributed by atoms with van der Waals surface area (Å²) in [6.07, 6.45) is 19.9. The Balaban J connectivity index is 1.57. The molecule has 0 amide bonds. The molecule has 0 aliphatic heterocycles. The summed E-state index contributed by atoms with van der Waals surface area (Å²) in [5, 5.41) is 16.4. The molecule has 2 aromatic rings. The van der Waals surface area contributed by atoms with E-state index in [-0.39, 0.29) is 48.8 Å². The van der Waals surface area contributed by atoms with Gasteiger partial charge in [-0.2, -0.15) is 0 Å². The molecule has 0 bridgehead atoms. The minimum Gasteiger partial charge on any atom is -0.463 e. The quantitative estimate of drug-likeness (QED) is 0.0434. The van der Waals surface area contributed by atoms with Gasteiger partial charge in [0.05, 0.1) is 12.9 Å². The molecule has 14 nitrogen and oxygen atoms in total. The number of hydrogen-bond acceptors (Lipinski definition) is 9. The van der Waals surface area contributed by atoms with Crippen LogP contribution in [0.2, 0.25) is 0 Å². The van der Waals surface area contributed by atoms with E-state index in [1.54, 1.807) is 0 Å². The van der Waals surface area contributed by atoms with Crippen LogP contribution in [0.25, 0.3) is 32.0 Å². The minimum atomic E-state index is -0.757. The standard InChI is InChI=1S/C27H44N10O4/c1-2-3-4-5-6-7-8-9-10-11-12-13-14-15-16-17-23(39)40-19-22(18-38)41-21-37-20-30-24-25(33-35-28)31-27(34-36-29)32-26(24)37/h20,22,38H,2-19,21H2,1H3. The number of aromatic nitrogens is 4. The number of aliphatic hydroxyl groups excluding tert-OH is 1. The predicted octanol–water partition coefficient (Wildman–Crippen LogP) is 7.85. The molecule has 2 rings (SSSR count). The molecule has 0 saturated carbocycles. The summed E-state index contributed by atoms with van der Waals surface area (Å²) in [5.74, 6) is -0.652. The monoisotopic (exact) mass is 572 g/mol. The maximum absolute atomic E-state index is 12.1. The van der Waals surface area contributed by atoms with Crippen LogP contribution in [0.3, 0.4) is 0 Å². The number of fused-ring (bicyclic) bond motifs is 1. The van der Waals surface area contributed by atoms with Crippen molar-refractivity contribution in [2.75, 3.05) is 13.2 Å². The summed E-state index contributed by atoms with van der Waals surface area (Å²) in [4.78, 5) is 29.5. The highest BCUT2D eigenvalue weighted by molar-refractivity contribution is 5.82. The predicted molar refractivity (Wildman–Crippen MR) is 155 cm³/mol. The number of aliphatic hydroxyl groups is 1.